The number of hydrogen-bond acceptors (Lipinski definition) is 3. The smallest absolute Gasteiger partial charge is 0.0931 e. The van der Waals surface area contributed by atoms with Crippen molar-refractivity contribution < 1.29 is 0 Å². The van der Waals surface area contributed by atoms with E-state index in [9.17, 15) is 0 Å². The van der Waals surface area contributed by atoms with Crippen molar-refractivity contribution in [3.63, 3.8) is 0 Å². The summed E-state index contributed by atoms with van der Waals surface area (Å²) in [5, 5.41) is 3.53. The number of nitrogens with one attached hydrogen (secondary N) is 2. The molecule has 0 bridgehead atoms. The van der Waals surface area contributed by atoms with Gasteiger partial charge in [-0.1, -0.05) is 0 Å². The zero-order valence-corrected chi connectivity index (χ0v) is 10.1. The maximum Gasteiger partial charge on any atom is 0.0931 e. The molecule has 1 aliphatic rings. The van der Waals surface area contributed by atoms with Crippen LogP contribution in [0.5, 0.6) is 0 Å². The Balaban J connectivity index is 1.77. The molecule has 1 aromatic heterocycles. The number of likely N-dealkylation sites (N-methyl/N-ethyl adjacent to an activating group) is 1. The van der Waals surface area contributed by atoms with E-state index in [2.05, 4.69) is 45.4 Å². The molecular formula is C13H18N4. The van der Waals surface area contributed by atoms with Gasteiger partial charge in [-0.25, -0.2) is 4.98 Å². The Bertz CT molecular complexity index is 499. The molecule has 4 heteroatoms. The zero-order chi connectivity index (χ0) is 11.7. The van der Waals surface area contributed by atoms with Crippen LogP contribution in [0.15, 0.2) is 24.5 Å². The Morgan fingerprint density at radius 1 is 1.47 bits per heavy atom. The highest BCUT2D eigenvalue weighted by molar-refractivity contribution is 5.78. The van der Waals surface area contributed by atoms with E-state index in [0.29, 0.717) is 6.04 Å². The van der Waals surface area contributed by atoms with Gasteiger partial charge in [-0.15, -0.1) is 0 Å². The largest absolute Gasteiger partial charge is 0.373 e. The zero-order valence-electron chi connectivity index (χ0n) is 10.1. The molecule has 0 aliphatic carbocycles. The molecule has 2 aromatic rings. The number of fused-ring (bicyclic) bond motifs is 1. The van der Waals surface area contributed by atoms with Crippen LogP contribution < -0.4 is 10.2 Å². The average molecular weight is 230 g/mol. The second-order valence-electron chi connectivity index (χ2n) is 4.78. The molecule has 1 fully saturated rings. The van der Waals surface area contributed by atoms with Gasteiger partial charge in [-0.05, 0) is 37.6 Å². The Hall–Kier alpha value is -1.55. The Labute approximate surface area is 101 Å². The second kappa shape index (κ2) is 4.37. The van der Waals surface area contributed by atoms with Gasteiger partial charge in [0.25, 0.3) is 0 Å². The van der Waals surface area contributed by atoms with Gasteiger partial charge in [0.2, 0.25) is 0 Å². The molecule has 0 saturated carbocycles. The van der Waals surface area contributed by atoms with Gasteiger partial charge in [0.05, 0.1) is 17.4 Å². The SMILES string of the molecule is CN(CC1CCCN1)c1ccc2nc[nH]c2c1. The quantitative estimate of drug-likeness (QED) is 0.844. The molecule has 1 aromatic carbocycles. The molecule has 0 radical (unpaired) electrons. The van der Waals surface area contributed by atoms with Crippen molar-refractivity contribution in [2.45, 2.75) is 18.9 Å². The van der Waals surface area contributed by atoms with Crippen molar-refractivity contribution in [1.29, 1.82) is 0 Å². The first-order valence-electron chi connectivity index (χ1n) is 6.20. The first kappa shape index (κ1) is 10.6. The van der Waals surface area contributed by atoms with E-state index < -0.39 is 0 Å². The summed E-state index contributed by atoms with van der Waals surface area (Å²) in [6.07, 6.45) is 4.34. The topological polar surface area (TPSA) is 44.0 Å². The number of aromatic nitrogens is 2. The lowest BCUT2D eigenvalue weighted by atomic mass is 10.2. The van der Waals surface area contributed by atoms with Crippen molar-refractivity contribution in [2.75, 3.05) is 25.0 Å². The summed E-state index contributed by atoms with van der Waals surface area (Å²) in [6, 6.07) is 7.01. The van der Waals surface area contributed by atoms with E-state index in [1.807, 2.05) is 0 Å². The summed E-state index contributed by atoms with van der Waals surface area (Å²) in [6.45, 7) is 2.23. The third-order valence-corrected chi connectivity index (χ3v) is 3.50. The highest BCUT2D eigenvalue weighted by Gasteiger charge is 2.16. The van der Waals surface area contributed by atoms with E-state index in [-0.39, 0.29) is 0 Å². The van der Waals surface area contributed by atoms with Gasteiger partial charge in [0, 0.05) is 25.3 Å². The minimum absolute atomic E-state index is 0.637. The Morgan fingerprint density at radius 2 is 2.41 bits per heavy atom. The normalized spacial score (nSPS) is 19.9. The predicted octanol–water partition coefficient (Wildman–Crippen LogP) is 1.75. The van der Waals surface area contributed by atoms with Crippen LogP contribution in [-0.4, -0.2) is 36.1 Å². The van der Waals surface area contributed by atoms with Gasteiger partial charge in [-0.2, -0.15) is 0 Å². The number of nitrogens with zero attached hydrogens (tertiary/aromatic N) is 2. The highest BCUT2D eigenvalue weighted by atomic mass is 15.1. The molecule has 2 heterocycles. The fraction of sp³-hybridized carbons (Fsp3) is 0.462. The summed E-state index contributed by atoms with van der Waals surface area (Å²) < 4.78 is 0. The summed E-state index contributed by atoms with van der Waals surface area (Å²) in [4.78, 5) is 9.70. The number of hydrogen-bond donors (Lipinski definition) is 2. The molecule has 0 spiro atoms. The van der Waals surface area contributed by atoms with Gasteiger partial charge in [-0.3, -0.25) is 0 Å². The molecule has 1 saturated heterocycles. The van der Waals surface area contributed by atoms with Crippen molar-refractivity contribution in [2.24, 2.45) is 0 Å². The van der Waals surface area contributed by atoms with Crippen molar-refractivity contribution >= 4 is 16.7 Å². The number of benzene rings is 1. The molecule has 17 heavy (non-hydrogen) atoms. The molecule has 3 rings (SSSR count). The molecular weight excluding hydrogens is 212 g/mol. The number of aromatic amines is 1. The Morgan fingerprint density at radius 3 is 3.24 bits per heavy atom. The number of rotatable bonds is 3. The van der Waals surface area contributed by atoms with Crippen molar-refractivity contribution in [3.05, 3.63) is 24.5 Å². The molecule has 0 amide bonds. The van der Waals surface area contributed by atoms with Gasteiger partial charge >= 0.3 is 0 Å². The minimum atomic E-state index is 0.637. The van der Waals surface area contributed by atoms with E-state index in [1.54, 1.807) is 6.33 Å². The maximum atomic E-state index is 4.24. The first-order valence-corrected chi connectivity index (χ1v) is 6.20. The van der Waals surface area contributed by atoms with E-state index in [4.69, 9.17) is 0 Å². The monoisotopic (exact) mass is 230 g/mol. The highest BCUT2D eigenvalue weighted by Crippen LogP contribution is 2.19. The fourth-order valence-corrected chi connectivity index (χ4v) is 2.51. The van der Waals surface area contributed by atoms with Gasteiger partial charge < -0.3 is 15.2 Å². The van der Waals surface area contributed by atoms with Crippen LogP contribution >= 0.6 is 0 Å². The van der Waals surface area contributed by atoms with Crippen LogP contribution in [-0.2, 0) is 0 Å². The third kappa shape index (κ3) is 2.13. The minimum Gasteiger partial charge on any atom is -0.373 e. The lowest BCUT2D eigenvalue weighted by Gasteiger charge is -2.23. The van der Waals surface area contributed by atoms with Gasteiger partial charge in [0.1, 0.15) is 0 Å². The number of anilines is 1. The van der Waals surface area contributed by atoms with Crippen LogP contribution in [0.25, 0.3) is 11.0 Å². The average Bonchev–Trinajstić information content (AvgIpc) is 2.97. The summed E-state index contributed by atoms with van der Waals surface area (Å²) >= 11 is 0. The number of H-pyrrole nitrogens is 1. The molecule has 1 unspecified atom stereocenters. The van der Waals surface area contributed by atoms with Crippen LogP contribution in [0.1, 0.15) is 12.8 Å². The third-order valence-electron chi connectivity index (χ3n) is 3.50. The molecule has 1 atom stereocenters. The van der Waals surface area contributed by atoms with E-state index >= 15 is 0 Å². The second-order valence-corrected chi connectivity index (χ2v) is 4.78. The number of imidazole rings is 1. The Kier molecular flexibility index (Phi) is 2.73. The van der Waals surface area contributed by atoms with Crippen LogP contribution in [0.4, 0.5) is 5.69 Å². The van der Waals surface area contributed by atoms with Crippen LogP contribution in [0, 0.1) is 0 Å². The van der Waals surface area contributed by atoms with Gasteiger partial charge in [0.15, 0.2) is 0 Å². The fourth-order valence-electron chi connectivity index (χ4n) is 2.51. The molecule has 2 N–H and O–H groups in total. The summed E-state index contributed by atoms with van der Waals surface area (Å²) in [5.74, 6) is 0. The van der Waals surface area contributed by atoms with E-state index in [0.717, 1.165) is 24.1 Å². The van der Waals surface area contributed by atoms with E-state index in [1.165, 1.54) is 18.5 Å². The van der Waals surface area contributed by atoms with Crippen LogP contribution in [0.2, 0.25) is 0 Å². The van der Waals surface area contributed by atoms with Crippen molar-refractivity contribution in [3.8, 4) is 0 Å². The predicted molar refractivity (Wildman–Crippen MR) is 70.4 cm³/mol. The molecule has 90 valence electrons. The first-order chi connectivity index (χ1) is 8.33. The summed E-state index contributed by atoms with van der Waals surface area (Å²) in [5.41, 5.74) is 3.38. The maximum absolute atomic E-state index is 4.24. The lowest BCUT2D eigenvalue weighted by Crippen LogP contribution is -2.35. The van der Waals surface area contributed by atoms with Crippen molar-refractivity contribution in [1.82, 2.24) is 15.3 Å². The standard InChI is InChI=1S/C13H18N4/c1-17(8-10-3-2-6-14-10)11-4-5-12-13(7-11)16-9-15-12/h4-5,7,9-10,14H,2-3,6,8H2,1H3,(H,15,16). The summed E-state index contributed by atoms with van der Waals surface area (Å²) in [7, 11) is 2.15. The molecule has 1 aliphatic heterocycles. The molecule has 4 nitrogen and oxygen atoms in total. The lowest BCUT2D eigenvalue weighted by molar-refractivity contribution is 0.600. The van der Waals surface area contributed by atoms with Crippen LogP contribution in [0.3, 0.4) is 0 Å².